The zero-order chi connectivity index (χ0) is 17.7. The van der Waals surface area contributed by atoms with E-state index in [-0.39, 0.29) is 11.7 Å². The van der Waals surface area contributed by atoms with Gasteiger partial charge in [-0.3, -0.25) is 9.59 Å². The van der Waals surface area contributed by atoms with Crippen LogP contribution in [0, 0.1) is 0 Å². The Morgan fingerprint density at radius 1 is 0.769 bits per heavy atom. The van der Waals surface area contributed by atoms with Gasteiger partial charge in [-0.05, 0) is 40.8 Å². The summed E-state index contributed by atoms with van der Waals surface area (Å²) in [7, 11) is 0. The van der Waals surface area contributed by atoms with E-state index in [1.54, 1.807) is 6.07 Å². The Morgan fingerprint density at radius 2 is 1.46 bits per heavy atom. The molecular weight excluding hydrogens is 322 g/mol. The largest absolute Gasteiger partial charge is 0.334 e. The molecule has 1 aliphatic heterocycles. The second-order valence-corrected chi connectivity index (χ2v) is 6.88. The zero-order valence-electron chi connectivity index (χ0n) is 14.2. The Labute approximate surface area is 151 Å². The number of benzene rings is 3. The molecule has 0 spiro atoms. The third kappa shape index (κ3) is 2.21. The van der Waals surface area contributed by atoms with Crippen LogP contribution in [0.2, 0.25) is 0 Å². The van der Waals surface area contributed by atoms with Gasteiger partial charge in [-0.25, -0.2) is 0 Å². The highest BCUT2D eigenvalue weighted by molar-refractivity contribution is 6.22. The van der Waals surface area contributed by atoms with Crippen molar-refractivity contribution in [3.8, 4) is 11.1 Å². The summed E-state index contributed by atoms with van der Waals surface area (Å²) in [5.41, 5.74) is 6.34. The van der Waals surface area contributed by atoms with Crippen molar-refractivity contribution >= 4 is 11.7 Å². The third-order valence-electron chi connectivity index (χ3n) is 5.39. The van der Waals surface area contributed by atoms with E-state index in [1.807, 2.05) is 53.4 Å². The minimum absolute atomic E-state index is 0.00828. The molecule has 2 aliphatic rings. The van der Waals surface area contributed by atoms with Gasteiger partial charge in [-0.1, -0.05) is 54.6 Å². The van der Waals surface area contributed by atoms with Gasteiger partial charge in [0.05, 0.1) is 0 Å². The first-order valence-corrected chi connectivity index (χ1v) is 8.86. The topological polar surface area (TPSA) is 37.4 Å². The van der Waals surface area contributed by atoms with Crippen molar-refractivity contribution in [1.82, 2.24) is 4.90 Å². The molecule has 1 amide bonds. The first kappa shape index (κ1) is 15.1. The molecule has 1 heterocycles. The van der Waals surface area contributed by atoms with Gasteiger partial charge in [0, 0.05) is 29.8 Å². The minimum atomic E-state index is -0.00828. The van der Waals surface area contributed by atoms with E-state index in [0.717, 1.165) is 23.1 Å². The number of nitrogens with zero attached hydrogens (tertiary/aromatic N) is 1. The summed E-state index contributed by atoms with van der Waals surface area (Å²) in [6.07, 6.45) is 0.872. The van der Waals surface area contributed by atoms with Gasteiger partial charge in [-0.2, -0.15) is 0 Å². The average molecular weight is 339 g/mol. The second-order valence-electron chi connectivity index (χ2n) is 6.88. The van der Waals surface area contributed by atoms with Gasteiger partial charge < -0.3 is 4.90 Å². The van der Waals surface area contributed by atoms with Crippen molar-refractivity contribution in [2.45, 2.75) is 13.0 Å². The SMILES string of the molecule is O=C1c2ccccc2-c2ccc(C(=O)N3CCc4ccccc4C3)cc21. The van der Waals surface area contributed by atoms with Crippen LogP contribution in [0.4, 0.5) is 0 Å². The highest BCUT2D eigenvalue weighted by Crippen LogP contribution is 2.37. The maximum Gasteiger partial charge on any atom is 0.254 e. The summed E-state index contributed by atoms with van der Waals surface area (Å²) >= 11 is 0. The fourth-order valence-corrected chi connectivity index (χ4v) is 4.01. The highest BCUT2D eigenvalue weighted by Gasteiger charge is 2.28. The number of rotatable bonds is 1. The number of ketones is 1. The lowest BCUT2D eigenvalue weighted by atomic mass is 9.98. The lowest BCUT2D eigenvalue weighted by Crippen LogP contribution is -2.36. The molecular formula is C23H17NO2. The van der Waals surface area contributed by atoms with Crippen LogP contribution in [0.15, 0.2) is 66.7 Å². The van der Waals surface area contributed by atoms with E-state index in [9.17, 15) is 9.59 Å². The maximum absolute atomic E-state index is 13.0. The van der Waals surface area contributed by atoms with Gasteiger partial charge >= 0.3 is 0 Å². The molecule has 0 fully saturated rings. The molecule has 26 heavy (non-hydrogen) atoms. The van der Waals surface area contributed by atoms with Crippen molar-refractivity contribution < 1.29 is 9.59 Å². The van der Waals surface area contributed by atoms with Gasteiger partial charge in [-0.15, -0.1) is 0 Å². The van der Waals surface area contributed by atoms with Crippen molar-refractivity contribution in [3.63, 3.8) is 0 Å². The molecule has 0 bridgehead atoms. The summed E-state index contributed by atoms with van der Waals surface area (Å²) < 4.78 is 0. The van der Waals surface area contributed by atoms with Crippen LogP contribution >= 0.6 is 0 Å². The van der Waals surface area contributed by atoms with Crippen LogP contribution in [-0.2, 0) is 13.0 Å². The molecule has 3 aromatic carbocycles. The number of carbonyl (C=O) groups excluding carboxylic acids is 2. The first-order valence-electron chi connectivity index (χ1n) is 8.86. The van der Waals surface area contributed by atoms with Crippen molar-refractivity contribution in [2.75, 3.05) is 6.54 Å². The molecule has 0 saturated heterocycles. The van der Waals surface area contributed by atoms with Crippen LogP contribution < -0.4 is 0 Å². The molecule has 3 aromatic rings. The summed E-state index contributed by atoms with van der Waals surface area (Å²) in [6.45, 7) is 1.33. The molecule has 0 radical (unpaired) electrons. The average Bonchev–Trinajstić information content (AvgIpc) is 2.99. The van der Waals surface area contributed by atoms with Crippen molar-refractivity contribution in [2.24, 2.45) is 0 Å². The van der Waals surface area contributed by atoms with Crippen LogP contribution in [-0.4, -0.2) is 23.1 Å². The predicted molar refractivity (Wildman–Crippen MR) is 100 cm³/mol. The smallest absolute Gasteiger partial charge is 0.254 e. The molecule has 0 atom stereocenters. The molecule has 0 N–H and O–H groups in total. The summed E-state index contributed by atoms with van der Waals surface area (Å²) in [6, 6.07) is 21.4. The number of amides is 1. The Hall–Kier alpha value is -3.20. The molecule has 5 rings (SSSR count). The summed E-state index contributed by atoms with van der Waals surface area (Å²) in [5.74, 6) is 0.000277. The Bertz CT molecular complexity index is 1070. The van der Waals surface area contributed by atoms with Gasteiger partial charge in [0.2, 0.25) is 0 Å². The standard InChI is InChI=1S/C23H17NO2/c25-22-20-8-4-3-7-18(20)19-10-9-16(13-21(19)22)23(26)24-12-11-15-5-1-2-6-17(15)14-24/h1-10,13H,11-12,14H2. The summed E-state index contributed by atoms with van der Waals surface area (Å²) in [5, 5.41) is 0. The highest BCUT2D eigenvalue weighted by atomic mass is 16.2. The third-order valence-corrected chi connectivity index (χ3v) is 5.39. The van der Waals surface area contributed by atoms with E-state index in [4.69, 9.17) is 0 Å². The molecule has 3 heteroatoms. The van der Waals surface area contributed by atoms with Gasteiger partial charge in [0.15, 0.2) is 5.78 Å². The predicted octanol–water partition coefficient (Wildman–Crippen LogP) is 4.10. The second kappa shape index (κ2) is 5.67. The van der Waals surface area contributed by atoms with Gasteiger partial charge in [0.1, 0.15) is 0 Å². The van der Waals surface area contributed by atoms with E-state index >= 15 is 0 Å². The van der Waals surface area contributed by atoms with Crippen LogP contribution in [0.25, 0.3) is 11.1 Å². The zero-order valence-corrected chi connectivity index (χ0v) is 14.2. The van der Waals surface area contributed by atoms with Crippen LogP contribution in [0.5, 0.6) is 0 Å². The maximum atomic E-state index is 13.0. The van der Waals surface area contributed by atoms with E-state index in [2.05, 4.69) is 12.1 Å². The van der Waals surface area contributed by atoms with Crippen LogP contribution in [0.3, 0.4) is 0 Å². The Balaban J connectivity index is 1.48. The minimum Gasteiger partial charge on any atom is -0.334 e. The fraction of sp³-hybridized carbons (Fsp3) is 0.130. The first-order chi connectivity index (χ1) is 12.7. The van der Waals surface area contributed by atoms with Gasteiger partial charge in [0.25, 0.3) is 5.91 Å². The fourth-order valence-electron chi connectivity index (χ4n) is 4.01. The molecule has 1 aliphatic carbocycles. The summed E-state index contributed by atoms with van der Waals surface area (Å²) in [4.78, 5) is 27.6. The quantitative estimate of drug-likeness (QED) is 0.524. The lowest BCUT2D eigenvalue weighted by molar-refractivity contribution is 0.0734. The molecule has 3 nitrogen and oxygen atoms in total. The Kier molecular flexibility index (Phi) is 3.29. The Morgan fingerprint density at radius 3 is 2.31 bits per heavy atom. The molecule has 0 aromatic heterocycles. The number of fused-ring (bicyclic) bond motifs is 4. The number of carbonyl (C=O) groups is 2. The van der Waals surface area contributed by atoms with E-state index in [0.29, 0.717) is 24.2 Å². The van der Waals surface area contributed by atoms with E-state index < -0.39 is 0 Å². The van der Waals surface area contributed by atoms with E-state index in [1.165, 1.54) is 11.1 Å². The normalized spacial score (nSPS) is 14.6. The van der Waals surface area contributed by atoms with Crippen LogP contribution in [0.1, 0.15) is 37.4 Å². The molecule has 126 valence electrons. The monoisotopic (exact) mass is 339 g/mol. The molecule has 0 unspecified atom stereocenters. The van der Waals surface area contributed by atoms with Crippen molar-refractivity contribution in [1.29, 1.82) is 0 Å². The van der Waals surface area contributed by atoms with Crippen molar-refractivity contribution in [3.05, 3.63) is 94.5 Å². The number of hydrogen-bond acceptors (Lipinski definition) is 2. The number of hydrogen-bond donors (Lipinski definition) is 0. The molecule has 0 saturated carbocycles. The lowest BCUT2D eigenvalue weighted by Gasteiger charge is -2.29.